The minimum atomic E-state index is 0.525. The lowest BCUT2D eigenvalue weighted by Crippen LogP contribution is -2.36. The molecule has 8 nitrogen and oxygen atoms in total. The zero-order valence-corrected chi connectivity index (χ0v) is 18.2. The van der Waals surface area contributed by atoms with Crippen LogP contribution in [0.15, 0.2) is 23.3 Å². The van der Waals surface area contributed by atoms with E-state index in [-0.39, 0.29) is 0 Å². The molecule has 1 aromatic heterocycles. The van der Waals surface area contributed by atoms with Gasteiger partial charge in [-0.25, -0.2) is 0 Å². The summed E-state index contributed by atoms with van der Waals surface area (Å²) in [5.41, 5.74) is 3.90. The molecule has 0 unspecified atom stereocenters. The summed E-state index contributed by atoms with van der Waals surface area (Å²) in [4.78, 5) is 8.78. The van der Waals surface area contributed by atoms with E-state index in [1.807, 2.05) is 32.2 Å². The lowest BCUT2D eigenvalue weighted by Gasteiger charge is -2.17. The highest BCUT2D eigenvalue weighted by Crippen LogP contribution is 2.38. The third kappa shape index (κ3) is 5.22. The molecular formula is C21H30N4O4. The number of hydrogen-bond donors (Lipinski definition) is 2. The monoisotopic (exact) mass is 402 g/mol. The van der Waals surface area contributed by atoms with Crippen LogP contribution in [0.1, 0.15) is 22.4 Å². The number of pyridine rings is 1. The number of methoxy groups -OCH3 is 4. The Balaban J connectivity index is 2.07. The number of nitrogens with zero attached hydrogens (tertiary/aromatic N) is 2. The molecule has 0 aliphatic rings. The number of aromatic nitrogens is 1. The van der Waals surface area contributed by atoms with Gasteiger partial charge in [-0.1, -0.05) is 0 Å². The smallest absolute Gasteiger partial charge is 0.203 e. The number of aryl methyl sites for hydroxylation is 1. The third-order valence-electron chi connectivity index (χ3n) is 4.58. The molecule has 29 heavy (non-hydrogen) atoms. The normalized spacial score (nSPS) is 11.1. The van der Waals surface area contributed by atoms with E-state index in [9.17, 15) is 0 Å². The Morgan fingerprint density at radius 2 is 1.48 bits per heavy atom. The van der Waals surface area contributed by atoms with Crippen LogP contribution in [-0.2, 0) is 13.1 Å². The Kier molecular flexibility index (Phi) is 7.94. The van der Waals surface area contributed by atoms with E-state index in [4.69, 9.17) is 18.9 Å². The highest BCUT2D eigenvalue weighted by atomic mass is 16.5. The number of rotatable bonds is 8. The van der Waals surface area contributed by atoms with Gasteiger partial charge in [0.15, 0.2) is 17.5 Å². The maximum atomic E-state index is 5.47. The Morgan fingerprint density at radius 1 is 0.897 bits per heavy atom. The molecule has 2 N–H and O–H groups in total. The van der Waals surface area contributed by atoms with Crippen LogP contribution in [-0.4, -0.2) is 46.4 Å². The topological polar surface area (TPSA) is 86.2 Å². The molecule has 2 rings (SSSR count). The second kappa shape index (κ2) is 10.4. The van der Waals surface area contributed by atoms with Gasteiger partial charge >= 0.3 is 0 Å². The molecule has 0 saturated heterocycles. The van der Waals surface area contributed by atoms with Gasteiger partial charge in [0, 0.05) is 30.9 Å². The Morgan fingerprint density at radius 3 is 2.00 bits per heavy atom. The molecule has 0 bridgehead atoms. The van der Waals surface area contributed by atoms with Crippen LogP contribution < -0.4 is 29.6 Å². The zero-order chi connectivity index (χ0) is 21.4. The average molecular weight is 402 g/mol. The first-order chi connectivity index (χ1) is 14.0. The van der Waals surface area contributed by atoms with Gasteiger partial charge in [-0.05, 0) is 31.5 Å². The maximum absolute atomic E-state index is 5.47. The van der Waals surface area contributed by atoms with Crippen LogP contribution in [0.25, 0.3) is 0 Å². The molecule has 0 fully saturated rings. The molecular weight excluding hydrogens is 372 g/mol. The number of benzene rings is 1. The fourth-order valence-electron chi connectivity index (χ4n) is 3.06. The van der Waals surface area contributed by atoms with Gasteiger partial charge < -0.3 is 29.6 Å². The van der Waals surface area contributed by atoms with Gasteiger partial charge in [-0.2, -0.15) is 0 Å². The highest BCUT2D eigenvalue weighted by Gasteiger charge is 2.14. The van der Waals surface area contributed by atoms with Crippen molar-refractivity contribution in [1.29, 1.82) is 0 Å². The molecule has 0 aliphatic carbocycles. The van der Waals surface area contributed by atoms with Crippen molar-refractivity contribution in [2.75, 3.05) is 35.5 Å². The van der Waals surface area contributed by atoms with Gasteiger partial charge in [-0.3, -0.25) is 9.98 Å². The third-order valence-corrected chi connectivity index (χ3v) is 4.58. The zero-order valence-electron chi connectivity index (χ0n) is 18.2. The summed E-state index contributed by atoms with van der Waals surface area (Å²) in [7, 11) is 8.17. The van der Waals surface area contributed by atoms with Crippen molar-refractivity contribution < 1.29 is 18.9 Å². The first-order valence-electron chi connectivity index (χ1n) is 9.21. The first-order valence-corrected chi connectivity index (χ1v) is 9.21. The molecule has 158 valence electrons. The largest absolute Gasteiger partial charge is 0.496 e. The minimum Gasteiger partial charge on any atom is -0.496 e. The summed E-state index contributed by atoms with van der Waals surface area (Å²) in [6, 6.07) is 3.80. The SMILES string of the molecule is CN=C(NCc1cc(OC)c(OC)c(OC)c1)NCc1ncc(C)c(OC)c1C. The van der Waals surface area contributed by atoms with Crippen molar-refractivity contribution in [3.63, 3.8) is 0 Å². The molecule has 2 aromatic rings. The van der Waals surface area contributed by atoms with E-state index in [2.05, 4.69) is 20.6 Å². The Bertz CT molecular complexity index is 843. The van der Waals surface area contributed by atoms with Crippen molar-refractivity contribution in [3.8, 4) is 23.0 Å². The molecule has 0 atom stereocenters. The van der Waals surface area contributed by atoms with E-state index in [1.54, 1.807) is 35.5 Å². The summed E-state index contributed by atoms with van der Waals surface area (Å²) in [5.74, 6) is 3.30. The molecule has 1 heterocycles. The number of guanidine groups is 1. The van der Waals surface area contributed by atoms with Crippen LogP contribution in [0, 0.1) is 13.8 Å². The number of hydrogen-bond acceptors (Lipinski definition) is 6. The lowest BCUT2D eigenvalue weighted by molar-refractivity contribution is 0.323. The second-order valence-corrected chi connectivity index (χ2v) is 6.36. The van der Waals surface area contributed by atoms with Crippen molar-refractivity contribution >= 4 is 5.96 Å². The maximum Gasteiger partial charge on any atom is 0.203 e. The Hall–Kier alpha value is -3.16. The van der Waals surface area contributed by atoms with Gasteiger partial charge in [-0.15, -0.1) is 0 Å². The fraction of sp³-hybridized carbons (Fsp3) is 0.429. The quantitative estimate of drug-likeness (QED) is 0.518. The Labute approximate surface area is 172 Å². The average Bonchev–Trinajstić information content (AvgIpc) is 2.74. The number of nitrogens with one attached hydrogen (secondary N) is 2. The van der Waals surface area contributed by atoms with Crippen molar-refractivity contribution in [2.24, 2.45) is 4.99 Å². The predicted octanol–water partition coefficient (Wildman–Crippen LogP) is 2.60. The molecule has 0 aliphatic heterocycles. The first kappa shape index (κ1) is 22.1. The molecule has 0 amide bonds. The van der Waals surface area contributed by atoms with Crippen LogP contribution in [0.4, 0.5) is 0 Å². The summed E-state index contributed by atoms with van der Waals surface area (Å²) in [5, 5.41) is 6.56. The van der Waals surface area contributed by atoms with E-state index < -0.39 is 0 Å². The minimum absolute atomic E-state index is 0.525. The van der Waals surface area contributed by atoms with Crippen molar-refractivity contribution in [1.82, 2.24) is 15.6 Å². The van der Waals surface area contributed by atoms with Gasteiger partial charge in [0.25, 0.3) is 0 Å². The molecule has 8 heteroatoms. The van der Waals surface area contributed by atoms with Gasteiger partial charge in [0.05, 0.1) is 40.7 Å². The van der Waals surface area contributed by atoms with Crippen LogP contribution in [0.2, 0.25) is 0 Å². The number of aliphatic imine (C=N–C) groups is 1. The standard InChI is InChI=1S/C21H30N4O4/c1-13-10-23-16(14(2)19(13)28-6)12-25-21(22-3)24-11-15-8-17(26-4)20(29-7)18(9-15)27-5/h8-10H,11-12H2,1-7H3,(H2,22,24,25). The number of ether oxygens (including phenoxy) is 4. The summed E-state index contributed by atoms with van der Waals surface area (Å²) >= 11 is 0. The lowest BCUT2D eigenvalue weighted by atomic mass is 10.1. The van der Waals surface area contributed by atoms with Crippen molar-refractivity contribution in [3.05, 3.63) is 40.7 Å². The van der Waals surface area contributed by atoms with Crippen LogP contribution in [0.5, 0.6) is 23.0 Å². The summed E-state index contributed by atoms with van der Waals surface area (Å²) < 4.78 is 21.6. The van der Waals surface area contributed by atoms with Gasteiger partial charge in [0.1, 0.15) is 5.75 Å². The van der Waals surface area contributed by atoms with Gasteiger partial charge in [0.2, 0.25) is 5.75 Å². The summed E-state index contributed by atoms with van der Waals surface area (Å²) in [6.45, 7) is 5.04. The van der Waals surface area contributed by atoms with E-state index in [0.29, 0.717) is 36.3 Å². The molecule has 1 aromatic carbocycles. The predicted molar refractivity (Wildman–Crippen MR) is 113 cm³/mol. The second-order valence-electron chi connectivity index (χ2n) is 6.36. The van der Waals surface area contributed by atoms with E-state index >= 15 is 0 Å². The van der Waals surface area contributed by atoms with Crippen LogP contribution in [0.3, 0.4) is 0 Å². The van der Waals surface area contributed by atoms with Crippen molar-refractivity contribution in [2.45, 2.75) is 26.9 Å². The molecule has 0 spiro atoms. The van der Waals surface area contributed by atoms with E-state index in [0.717, 1.165) is 28.1 Å². The van der Waals surface area contributed by atoms with E-state index in [1.165, 1.54) is 0 Å². The highest BCUT2D eigenvalue weighted by molar-refractivity contribution is 5.79. The molecule has 0 saturated carbocycles. The fourth-order valence-corrected chi connectivity index (χ4v) is 3.06. The van der Waals surface area contributed by atoms with Crippen LogP contribution >= 0.6 is 0 Å². The molecule has 0 radical (unpaired) electrons. The summed E-state index contributed by atoms with van der Waals surface area (Å²) in [6.07, 6.45) is 1.81.